The molecule has 0 aliphatic carbocycles. The molecule has 102 valence electrons. The quantitative estimate of drug-likeness (QED) is 0.937. The lowest BCUT2D eigenvalue weighted by atomic mass is 10.4. The summed E-state index contributed by atoms with van der Waals surface area (Å²) in [5.41, 5.74) is 0.373. The number of anilines is 1. The summed E-state index contributed by atoms with van der Waals surface area (Å²) in [4.78, 5) is 0.00574. The van der Waals surface area contributed by atoms with E-state index in [1.54, 1.807) is 10.9 Å². The molecule has 1 heterocycles. The lowest BCUT2D eigenvalue weighted by molar-refractivity contribution is 0.532. The number of benzene rings is 1. The van der Waals surface area contributed by atoms with E-state index in [1.165, 1.54) is 18.3 Å². The van der Waals surface area contributed by atoms with Crippen molar-refractivity contribution in [2.75, 3.05) is 4.72 Å². The molecule has 1 aromatic heterocycles. The fourth-order valence-electron chi connectivity index (χ4n) is 1.50. The van der Waals surface area contributed by atoms with Crippen LogP contribution in [0.15, 0.2) is 41.6 Å². The van der Waals surface area contributed by atoms with E-state index >= 15 is 0 Å². The molecule has 19 heavy (non-hydrogen) atoms. The lowest BCUT2D eigenvalue weighted by Crippen LogP contribution is -2.12. The fourth-order valence-corrected chi connectivity index (χ4v) is 2.53. The smallest absolute Gasteiger partial charge is 0.261 e. The van der Waals surface area contributed by atoms with Gasteiger partial charge in [0.05, 0.1) is 16.8 Å². The minimum absolute atomic E-state index is 0.00574. The van der Waals surface area contributed by atoms with E-state index in [-0.39, 0.29) is 10.9 Å². The minimum atomic E-state index is -3.71. The first-order chi connectivity index (χ1) is 8.88. The fraction of sp³-hybridized carbons (Fsp3) is 0.250. The van der Waals surface area contributed by atoms with Gasteiger partial charge < -0.3 is 0 Å². The molecular weight excluding hydrogens is 269 g/mol. The van der Waals surface area contributed by atoms with Gasteiger partial charge in [0.2, 0.25) is 0 Å². The number of halogens is 1. The third-order valence-corrected chi connectivity index (χ3v) is 3.90. The zero-order valence-corrected chi connectivity index (χ0v) is 11.4. The molecule has 0 atom stereocenters. The van der Waals surface area contributed by atoms with Crippen molar-refractivity contribution in [3.63, 3.8) is 0 Å². The van der Waals surface area contributed by atoms with Crippen molar-refractivity contribution in [3.8, 4) is 0 Å². The van der Waals surface area contributed by atoms with Gasteiger partial charge >= 0.3 is 0 Å². The third-order valence-electron chi connectivity index (χ3n) is 2.51. The number of rotatable bonds is 4. The van der Waals surface area contributed by atoms with Crippen LogP contribution in [0.5, 0.6) is 0 Å². The summed E-state index contributed by atoms with van der Waals surface area (Å²) in [6.07, 6.45) is 3.03. The van der Waals surface area contributed by atoms with Crippen LogP contribution in [0.3, 0.4) is 0 Å². The second kappa shape index (κ2) is 5.00. The van der Waals surface area contributed by atoms with Crippen molar-refractivity contribution in [2.24, 2.45) is 0 Å². The van der Waals surface area contributed by atoms with E-state index in [0.717, 1.165) is 12.1 Å². The maximum Gasteiger partial charge on any atom is 0.261 e. The van der Waals surface area contributed by atoms with E-state index in [4.69, 9.17) is 0 Å². The Labute approximate surface area is 111 Å². The van der Waals surface area contributed by atoms with Crippen LogP contribution in [-0.2, 0) is 10.0 Å². The SMILES string of the molecule is CC(C)n1cc(NS(=O)(=O)c2ccc(F)cc2)cn1. The van der Waals surface area contributed by atoms with Gasteiger partial charge in [0.1, 0.15) is 5.82 Å². The van der Waals surface area contributed by atoms with Crippen molar-refractivity contribution in [1.29, 1.82) is 0 Å². The Morgan fingerprint density at radius 2 is 1.89 bits per heavy atom. The summed E-state index contributed by atoms with van der Waals surface area (Å²) in [5, 5.41) is 4.04. The number of sulfonamides is 1. The topological polar surface area (TPSA) is 64.0 Å². The molecule has 0 amide bonds. The van der Waals surface area contributed by atoms with E-state index in [1.807, 2.05) is 13.8 Å². The number of nitrogens with zero attached hydrogens (tertiary/aromatic N) is 2. The highest BCUT2D eigenvalue weighted by Crippen LogP contribution is 2.17. The zero-order chi connectivity index (χ0) is 14.0. The van der Waals surface area contributed by atoms with Crippen molar-refractivity contribution in [3.05, 3.63) is 42.5 Å². The molecule has 5 nitrogen and oxygen atoms in total. The monoisotopic (exact) mass is 283 g/mol. The second-order valence-corrected chi connectivity index (χ2v) is 6.04. The number of aromatic nitrogens is 2. The highest BCUT2D eigenvalue weighted by Gasteiger charge is 2.15. The lowest BCUT2D eigenvalue weighted by Gasteiger charge is -2.06. The van der Waals surface area contributed by atoms with Crippen LogP contribution >= 0.6 is 0 Å². The molecular formula is C12H14FN3O2S. The van der Waals surface area contributed by atoms with Crippen LogP contribution in [0.4, 0.5) is 10.1 Å². The highest BCUT2D eigenvalue weighted by atomic mass is 32.2. The van der Waals surface area contributed by atoms with Gasteiger partial charge in [-0.25, -0.2) is 12.8 Å². The predicted octanol–water partition coefficient (Wildman–Crippen LogP) is 2.40. The molecule has 1 N–H and O–H groups in total. The average molecular weight is 283 g/mol. The van der Waals surface area contributed by atoms with Crippen molar-refractivity contribution in [1.82, 2.24) is 9.78 Å². The summed E-state index contributed by atoms with van der Waals surface area (Å²) in [7, 11) is -3.71. The normalized spacial score (nSPS) is 11.8. The van der Waals surface area contributed by atoms with Crippen molar-refractivity contribution in [2.45, 2.75) is 24.8 Å². The third kappa shape index (κ3) is 3.11. The van der Waals surface area contributed by atoms with Gasteiger partial charge in [-0.15, -0.1) is 0 Å². The van der Waals surface area contributed by atoms with E-state index < -0.39 is 15.8 Å². The first-order valence-corrected chi connectivity index (χ1v) is 7.19. The zero-order valence-electron chi connectivity index (χ0n) is 10.5. The molecule has 2 rings (SSSR count). The first-order valence-electron chi connectivity index (χ1n) is 5.71. The maximum absolute atomic E-state index is 12.8. The molecule has 0 aliphatic rings. The van der Waals surface area contributed by atoms with Crippen molar-refractivity contribution >= 4 is 15.7 Å². The Bertz CT molecular complexity index is 663. The number of nitrogens with one attached hydrogen (secondary N) is 1. The summed E-state index contributed by atoms with van der Waals surface area (Å²) in [6.45, 7) is 3.87. The Hall–Kier alpha value is -1.89. The Kier molecular flexibility index (Phi) is 3.57. The predicted molar refractivity (Wildman–Crippen MR) is 69.8 cm³/mol. The maximum atomic E-state index is 12.8. The van der Waals surface area contributed by atoms with Crippen LogP contribution < -0.4 is 4.72 Å². The molecule has 0 aliphatic heterocycles. The second-order valence-electron chi connectivity index (χ2n) is 4.36. The first kappa shape index (κ1) is 13.5. The molecule has 7 heteroatoms. The molecule has 0 saturated carbocycles. The average Bonchev–Trinajstić information content (AvgIpc) is 2.77. The summed E-state index contributed by atoms with van der Waals surface area (Å²) < 4.78 is 40.8. The Morgan fingerprint density at radius 3 is 2.42 bits per heavy atom. The molecule has 0 fully saturated rings. The summed E-state index contributed by atoms with van der Waals surface area (Å²) in [6, 6.07) is 4.77. The Balaban J connectivity index is 2.23. The minimum Gasteiger partial charge on any atom is -0.276 e. The number of hydrogen-bond donors (Lipinski definition) is 1. The standard InChI is InChI=1S/C12H14FN3O2S/c1-9(2)16-8-11(7-14-16)15-19(17,18)12-5-3-10(13)4-6-12/h3-9,15H,1-2H3. The van der Waals surface area contributed by atoms with Crippen LogP contribution in [0.2, 0.25) is 0 Å². The van der Waals surface area contributed by atoms with Crippen LogP contribution in [0, 0.1) is 5.82 Å². The highest BCUT2D eigenvalue weighted by molar-refractivity contribution is 7.92. The van der Waals surface area contributed by atoms with Crippen LogP contribution in [0.25, 0.3) is 0 Å². The molecule has 0 bridgehead atoms. The van der Waals surface area contributed by atoms with Gasteiger partial charge in [-0.1, -0.05) is 0 Å². The molecule has 0 unspecified atom stereocenters. The van der Waals surface area contributed by atoms with Crippen molar-refractivity contribution < 1.29 is 12.8 Å². The van der Waals surface area contributed by atoms with E-state index in [9.17, 15) is 12.8 Å². The molecule has 2 aromatic rings. The summed E-state index contributed by atoms with van der Waals surface area (Å²) in [5.74, 6) is -0.480. The molecule has 0 saturated heterocycles. The largest absolute Gasteiger partial charge is 0.276 e. The molecule has 0 spiro atoms. The van der Waals surface area contributed by atoms with E-state index in [0.29, 0.717) is 5.69 Å². The van der Waals surface area contributed by atoms with Gasteiger partial charge in [-0.3, -0.25) is 9.40 Å². The van der Waals surface area contributed by atoms with Crippen LogP contribution in [-0.4, -0.2) is 18.2 Å². The Morgan fingerprint density at radius 1 is 1.26 bits per heavy atom. The van der Waals surface area contributed by atoms with Gasteiger partial charge in [0.15, 0.2) is 0 Å². The molecule has 1 aromatic carbocycles. The van der Waals surface area contributed by atoms with E-state index in [2.05, 4.69) is 9.82 Å². The van der Waals surface area contributed by atoms with Gasteiger partial charge in [-0.2, -0.15) is 5.10 Å². The van der Waals surface area contributed by atoms with Gasteiger partial charge in [-0.05, 0) is 38.1 Å². The van der Waals surface area contributed by atoms with Crippen LogP contribution in [0.1, 0.15) is 19.9 Å². The van der Waals surface area contributed by atoms with Gasteiger partial charge in [0, 0.05) is 12.2 Å². The number of hydrogen-bond acceptors (Lipinski definition) is 3. The van der Waals surface area contributed by atoms with Gasteiger partial charge in [0.25, 0.3) is 10.0 Å². The summed E-state index contributed by atoms with van der Waals surface area (Å²) >= 11 is 0. The molecule has 0 radical (unpaired) electrons.